The third kappa shape index (κ3) is 9.84. The Hall–Kier alpha value is -3.07. The van der Waals surface area contributed by atoms with Gasteiger partial charge in [-0.2, -0.15) is 0 Å². The van der Waals surface area contributed by atoms with Crippen LogP contribution in [0.3, 0.4) is 0 Å². The minimum absolute atomic E-state index is 0.0393. The molecule has 0 aliphatic heterocycles. The van der Waals surface area contributed by atoms with Gasteiger partial charge >= 0.3 is 5.97 Å². The van der Waals surface area contributed by atoms with Crippen LogP contribution in [0.25, 0.3) is 0 Å². The molecular weight excluding hydrogens is 492 g/mol. The molecule has 0 spiro atoms. The van der Waals surface area contributed by atoms with Gasteiger partial charge in [0, 0.05) is 0 Å². The molecule has 0 fully saturated rings. The SMILES string of the molecule is CCCCC(CC(CC)c1ccccc1)OC(=O)c1ccccc1OC(CCCC)CC(CC)c1ccccc1. The molecule has 0 radical (unpaired) electrons. The molecule has 0 bridgehead atoms. The van der Waals surface area contributed by atoms with Crippen molar-refractivity contribution in [2.24, 2.45) is 0 Å². The third-order valence-electron chi connectivity index (χ3n) is 8.06. The van der Waals surface area contributed by atoms with Crippen molar-refractivity contribution in [3.8, 4) is 5.75 Å². The van der Waals surface area contributed by atoms with Crippen LogP contribution in [0.1, 0.15) is 125 Å². The Morgan fingerprint density at radius 1 is 0.625 bits per heavy atom. The van der Waals surface area contributed by atoms with Gasteiger partial charge in [-0.05, 0) is 73.6 Å². The van der Waals surface area contributed by atoms with Crippen LogP contribution in [-0.2, 0) is 4.74 Å². The zero-order valence-corrected chi connectivity index (χ0v) is 25.2. The van der Waals surface area contributed by atoms with Crippen LogP contribution in [0.15, 0.2) is 84.9 Å². The summed E-state index contributed by atoms with van der Waals surface area (Å²) in [5.41, 5.74) is 3.20. The number of esters is 1. The van der Waals surface area contributed by atoms with E-state index < -0.39 is 0 Å². The van der Waals surface area contributed by atoms with E-state index in [1.807, 2.05) is 24.3 Å². The molecule has 3 aromatic carbocycles. The Balaban J connectivity index is 1.77. The lowest BCUT2D eigenvalue weighted by Gasteiger charge is -2.26. The fourth-order valence-corrected chi connectivity index (χ4v) is 5.61. The molecule has 0 N–H and O–H groups in total. The predicted molar refractivity (Wildman–Crippen MR) is 167 cm³/mol. The number of hydrogen-bond acceptors (Lipinski definition) is 3. The molecule has 0 saturated carbocycles. The molecule has 4 atom stereocenters. The summed E-state index contributed by atoms with van der Waals surface area (Å²) in [4.78, 5) is 13.6. The Kier molecular flexibility index (Phi) is 13.8. The van der Waals surface area contributed by atoms with E-state index in [-0.39, 0.29) is 18.2 Å². The average molecular weight is 543 g/mol. The van der Waals surface area contributed by atoms with Gasteiger partial charge in [-0.3, -0.25) is 0 Å². The second-order valence-corrected chi connectivity index (χ2v) is 11.1. The molecule has 0 heterocycles. The standard InChI is InChI=1S/C37H50O3/c1-5-9-23-33(27-29(7-3)31-19-13-11-14-20-31)39-36-26-18-17-25-35(36)37(38)40-34(24-10-6-2)28-30(8-4)32-21-15-12-16-22-32/h11-22,25-26,29-30,33-34H,5-10,23-24,27-28H2,1-4H3. The van der Waals surface area contributed by atoms with Crippen molar-refractivity contribution in [1.82, 2.24) is 0 Å². The van der Waals surface area contributed by atoms with E-state index in [2.05, 4.69) is 88.4 Å². The van der Waals surface area contributed by atoms with Crippen LogP contribution in [0.2, 0.25) is 0 Å². The van der Waals surface area contributed by atoms with Crippen LogP contribution in [0.5, 0.6) is 5.75 Å². The first kappa shape index (κ1) is 31.5. The molecule has 3 rings (SSSR count). The normalized spacial score (nSPS) is 14.2. The molecule has 0 amide bonds. The maximum atomic E-state index is 13.6. The van der Waals surface area contributed by atoms with Gasteiger partial charge in [0.25, 0.3) is 0 Å². The van der Waals surface area contributed by atoms with Crippen molar-refractivity contribution >= 4 is 5.97 Å². The van der Waals surface area contributed by atoms with E-state index in [9.17, 15) is 4.79 Å². The summed E-state index contributed by atoms with van der Waals surface area (Å²) < 4.78 is 12.9. The molecule has 40 heavy (non-hydrogen) atoms. The first-order valence-corrected chi connectivity index (χ1v) is 15.7. The second kappa shape index (κ2) is 17.6. The van der Waals surface area contributed by atoms with Gasteiger partial charge in [-0.1, -0.05) is 126 Å². The zero-order chi connectivity index (χ0) is 28.6. The molecule has 216 valence electrons. The second-order valence-electron chi connectivity index (χ2n) is 11.1. The number of para-hydroxylation sites is 1. The lowest BCUT2D eigenvalue weighted by Crippen LogP contribution is -2.24. The van der Waals surface area contributed by atoms with Gasteiger partial charge in [-0.25, -0.2) is 4.79 Å². The molecule has 3 heteroatoms. The lowest BCUT2D eigenvalue weighted by molar-refractivity contribution is 0.0230. The maximum Gasteiger partial charge on any atom is 0.342 e. The maximum absolute atomic E-state index is 13.6. The van der Waals surface area contributed by atoms with Gasteiger partial charge in [0.05, 0.1) is 6.10 Å². The monoisotopic (exact) mass is 542 g/mol. The number of unbranched alkanes of at least 4 members (excludes halogenated alkanes) is 2. The molecule has 0 aliphatic rings. The van der Waals surface area contributed by atoms with Gasteiger partial charge in [0.1, 0.15) is 17.4 Å². The zero-order valence-electron chi connectivity index (χ0n) is 25.2. The Bertz CT molecular complexity index is 1090. The lowest BCUT2D eigenvalue weighted by atomic mass is 9.89. The van der Waals surface area contributed by atoms with Crippen LogP contribution >= 0.6 is 0 Å². The van der Waals surface area contributed by atoms with E-state index in [1.165, 1.54) is 11.1 Å². The first-order valence-electron chi connectivity index (χ1n) is 15.7. The summed E-state index contributed by atoms with van der Waals surface area (Å²) in [7, 11) is 0. The van der Waals surface area contributed by atoms with E-state index in [4.69, 9.17) is 9.47 Å². The molecule has 0 aromatic heterocycles. The van der Waals surface area contributed by atoms with Crippen molar-refractivity contribution < 1.29 is 14.3 Å². The van der Waals surface area contributed by atoms with Gasteiger partial charge < -0.3 is 9.47 Å². The quantitative estimate of drug-likeness (QED) is 0.150. The predicted octanol–water partition coefficient (Wildman–Crippen LogP) is 10.5. The fraction of sp³-hybridized carbons (Fsp3) is 0.486. The van der Waals surface area contributed by atoms with Crippen LogP contribution in [0, 0.1) is 0 Å². The fourth-order valence-electron chi connectivity index (χ4n) is 5.61. The molecule has 0 aliphatic carbocycles. The van der Waals surface area contributed by atoms with Crippen molar-refractivity contribution in [1.29, 1.82) is 0 Å². The summed E-state index contributed by atoms with van der Waals surface area (Å²) in [6, 6.07) is 29.0. The van der Waals surface area contributed by atoms with Crippen LogP contribution in [0.4, 0.5) is 0 Å². The highest BCUT2D eigenvalue weighted by molar-refractivity contribution is 5.92. The van der Waals surface area contributed by atoms with Crippen LogP contribution in [-0.4, -0.2) is 18.2 Å². The largest absolute Gasteiger partial charge is 0.490 e. The number of benzene rings is 3. The Morgan fingerprint density at radius 2 is 1.10 bits per heavy atom. The van der Waals surface area contributed by atoms with Crippen molar-refractivity contribution in [2.75, 3.05) is 0 Å². The summed E-state index contributed by atoms with van der Waals surface area (Å²) in [6.45, 7) is 8.86. The van der Waals surface area contributed by atoms with Crippen molar-refractivity contribution in [2.45, 2.75) is 116 Å². The number of hydrogen-bond donors (Lipinski definition) is 0. The van der Waals surface area contributed by atoms with E-state index in [0.29, 0.717) is 23.1 Å². The molecule has 3 nitrogen and oxygen atoms in total. The van der Waals surface area contributed by atoms with E-state index >= 15 is 0 Å². The minimum Gasteiger partial charge on any atom is -0.490 e. The number of carbonyl (C=O) groups excluding carboxylic acids is 1. The van der Waals surface area contributed by atoms with E-state index in [0.717, 1.165) is 64.2 Å². The Labute approximate surface area is 243 Å². The highest BCUT2D eigenvalue weighted by Gasteiger charge is 2.25. The molecule has 4 unspecified atom stereocenters. The van der Waals surface area contributed by atoms with Crippen LogP contribution < -0.4 is 4.74 Å². The summed E-state index contributed by atoms with van der Waals surface area (Å²) in [5, 5.41) is 0. The number of rotatable bonds is 18. The average Bonchev–Trinajstić information content (AvgIpc) is 3.00. The highest BCUT2D eigenvalue weighted by atomic mass is 16.5. The van der Waals surface area contributed by atoms with E-state index in [1.54, 1.807) is 0 Å². The van der Waals surface area contributed by atoms with Gasteiger partial charge in [-0.15, -0.1) is 0 Å². The highest BCUT2D eigenvalue weighted by Crippen LogP contribution is 2.32. The number of ether oxygens (including phenoxy) is 2. The third-order valence-corrected chi connectivity index (χ3v) is 8.06. The van der Waals surface area contributed by atoms with Gasteiger partial charge in [0.15, 0.2) is 0 Å². The van der Waals surface area contributed by atoms with Crippen molar-refractivity contribution in [3.05, 3.63) is 102 Å². The smallest absolute Gasteiger partial charge is 0.342 e. The summed E-state index contributed by atoms with van der Waals surface area (Å²) >= 11 is 0. The topological polar surface area (TPSA) is 35.5 Å². The minimum atomic E-state index is -0.274. The van der Waals surface area contributed by atoms with Crippen molar-refractivity contribution in [3.63, 3.8) is 0 Å². The van der Waals surface area contributed by atoms with Gasteiger partial charge in [0.2, 0.25) is 0 Å². The summed E-state index contributed by atoms with van der Waals surface area (Å²) in [5.74, 6) is 1.15. The Morgan fingerprint density at radius 3 is 1.62 bits per heavy atom. The first-order chi connectivity index (χ1) is 19.6. The summed E-state index contributed by atoms with van der Waals surface area (Å²) in [6.07, 6.45) is 9.93. The number of carbonyl (C=O) groups is 1. The molecular formula is C37H50O3. The molecule has 0 saturated heterocycles. The molecule has 3 aromatic rings.